The van der Waals surface area contributed by atoms with Crippen molar-refractivity contribution < 1.29 is 19.6 Å². The molecule has 0 bridgehead atoms. The van der Waals surface area contributed by atoms with Crippen molar-refractivity contribution in [3.63, 3.8) is 0 Å². The van der Waals surface area contributed by atoms with Gasteiger partial charge in [0.05, 0.1) is 34.9 Å². The van der Waals surface area contributed by atoms with E-state index < -0.39 is 28.3 Å². The number of aromatic hydroxyl groups is 1. The Morgan fingerprint density at radius 1 is 1.09 bits per heavy atom. The number of ether oxygens (including phenoxy) is 1. The number of fused-ring (bicyclic) bond motifs is 2. The van der Waals surface area contributed by atoms with Crippen molar-refractivity contribution in [2.24, 2.45) is 10.9 Å². The normalized spacial score (nSPS) is 21.1. The zero-order valence-corrected chi connectivity index (χ0v) is 19.2. The Morgan fingerprint density at radius 2 is 1.83 bits per heavy atom. The number of aliphatic imine (C=N–C) groups is 1. The van der Waals surface area contributed by atoms with Crippen LogP contribution in [0.5, 0.6) is 11.5 Å². The fraction of sp³-hybridized carbons (Fsp3) is 0.259. The maximum Gasteiger partial charge on any atom is 0.315 e. The van der Waals surface area contributed by atoms with Crippen molar-refractivity contribution >= 4 is 28.6 Å². The number of phenols is 1. The molecule has 8 heteroatoms. The van der Waals surface area contributed by atoms with Gasteiger partial charge < -0.3 is 15.2 Å². The molecule has 1 aliphatic heterocycles. The predicted molar refractivity (Wildman–Crippen MR) is 133 cm³/mol. The Hall–Kier alpha value is -4.20. The molecule has 0 saturated heterocycles. The molecule has 2 N–H and O–H groups in total. The number of nitro benzene ring substituents is 1. The Labute approximate surface area is 202 Å². The summed E-state index contributed by atoms with van der Waals surface area (Å²) in [5.74, 6) is -1.09. The average molecular weight is 472 g/mol. The molecule has 0 spiro atoms. The summed E-state index contributed by atoms with van der Waals surface area (Å²) in [6, 6.07) is 19.7. The maximum absolute atomic E-state index is 13.7. The molecule has 1 aliphatic carbocycles. The highest BCUT2D eigenvalue weighted by atomic mass is 16.6. The van der Waals surface area contributed by atoms with Gasteiger partial charge in [-0.05, 0) is 48.6 Å². The van der Waals surface area contributed by atoms with Gasteiger partial charge in [-0.25, -0.2) is 0 Å². The van der Waals surface area contributed by atoms with Crippen molar-refractivity contribution in [2.75, 3.05) is 11.9 Å². The molecule has 1 heterocycles. The SMILES string of the molecule is CCOc1cc(C2Nc3ccccc3N=C3CC(c4ccccc4)CC(=O)C32)cc([N+](=O)[O-])c1O. The number of hydrogen-bond acceptors (Lipinski definition) is 7. The van der Waals surface area contributed by atoms with E-state index in [9.17, 15) is 20.0 Å². The molecule has 3 aromatic rings. The first kappa shape index (κ1) is 22.6. The van der Waals surface area contributed by atoms with E-state index in [0.717, 1.165) is 22.6 Å². The van der Waals surface area contributed by atoms with Crippen LogP contribution in [-0.4, -0.2) is 28.1 Å². The van der Waals surface area contributed by atoms with Crippen molar-refractivity contribution in [1.82, 2.24) is 0 Å². The number of benzene rings is 3. The van der Waals surface area contributed by atoms with E-state index >= 15 is 0 Å². The zero-order valence-electron chi connectivity index (χ0n) is 19.2. The second kappa shape index (κ2) is 9.21. The van der Waals surface area contributed by atoms with E-state index in [2.05, 4.69) is 5.32 Å². The third kappa shape index (κ3) is 4.23. The van der Waals surface area contributed by atoms with Gasteiger partial charge in [-0.3, -0.25) is 19.9 Å². The molecule has 5 rings (SSSR count). The van der Waals surface area contributed by atoms with Crippen LogP contribution in [0.15, 0.2) is 71.7 Å². The summed E-state index contributed by atoms with van der Waals surface area (Å²) in [6.45, 7) is 1.96. The van der Waals surface area contributed by atoms with Gasteiger partial charge in [0.1, 0.15) is 5.78 Å². The predicted octanol–water partition coefficient (Wildman–Crippen LogP) is 5.70. The maximum atomic E-state index is 13.7. The molecule has 35 heavy (non-hydrogen) atoms. The molecule has 2 aliphatic rings. The molecule has 1 saturated carbocycles. The van der Waals surface area contributed by atoms with Gasteiger partial charge >= 0.3 is 5.69 Å². The third-order valence-corrected chi connectivity index (χ3v) is 6.63. The summed E-state index contributed by atoms with van der Waals surface area (Å²) >= 11 is 0. The molecule has 1 fully saturated rings. The Morgan fingerprint density at radius 3 is 2.57 bits per heavy atom. The lowest BCUT2D eigenvalue weighted by Crippen LogP contribution is -2.38. The lowest BCUT2D eigenvalue weighted by Gasteiger charge is -2.34. The van der Waals surface area contributed by atoms with Gasteiger partial charge in [-0.15, -0.1) is 0 Å². The minimum Gasteiger partial charge on any atom is -0.500 e. The quantitative estimate of drug-likeness (QED) is 0.364. The van der Waals surface area contributed by atoms with E-state index in [1.165, 1.54) is 6.07 Å². The number of nitrogens with one attached hydrogen (secondary N) is 1. The summed E-state index contributed by atoms with van der Waals surface area (Å²) in [6.07, 6.45) is 0.951. The summed E-state index contributed by atoms with van der Waals surface area (Å²) in [4.78, 5) is 29.6. The van der Waals surface area contributed by atoms with E-state index in [1.807, 2.05) is 54.6 Å². The van der Waals surface area contributed by atoms with Gasteiger partial charge in [-0.1, -0.05) is 42.5 Å². The molecule has 178 valence electrons. The van der Waals surface area contributed by atoms with E-state index in [-0.39, 0.29) is 24.1 Å². The van der Waals surface area contributed by atoms with Crippen LogP contribution in [0.4, 0.5) is 17.1 Å². The van der Waals surface area contributed by atoms with Crippen LogP contribution in [0, 0.1) is 16.0 Å². The van der Waals surface area contributed by atoms with Crippen molar-refractivity contribution in [2.45, 2.75) is 31.7 Å². The van der Waals surface area contributed by atoms with Crippen molar-refractivity contribution in [3.05, 3.63) is 88.0 Å². The van der Waals surface area contributed by atoms with Crippen LogP contribution in [0.2, 0.25) is 0 Å². The second-order valence-corrected chi connectivity index (χ2v) is 8.78. The molecular weight excluding hydrogens is 446 g/mol. The largest absolute Gasteiger partial charge is 0.500 e. The van der Waals surface area contributed by atoms with Crippen molar-refractivity contribution in [3.8, 4) is 11.5 Å². The number of anilines is 1. The van der Waals surface area contributed by atoms with E-state index in [0.29, 0.717) is 18.4 Å². The molecule has 0 radical (unpaired) electrons. The molecular formula is C27H25N3O5. The summed E-state index contributed by atoms with van der Waals surface area (Å²) in [5, 5.41) is 25.5. The first-order valence-electron chi connectivity index (χ1n) is 11.6. The minimum atomic E-state index is -0.644. The highest BCUT2D eigenvalue weighted by molar-refractivity contribution is 6.11. The van der Waals surface area contributed by atoms with Crippen LogP contribution in [0.25, 0.3) is 0 Å². The minimum absolute atomic E-state index is 0.0118. The number of Topliss-reactive ketones (excluding diaryl/α,β-unsaturated/α-hetero) is 1. The smallest absolute Gasteiger partial charge is 0.315 e. The number of rotatable bonds is 5. The van der Waals surface area contributed by atoms with Crippen LogP contribution >= 0.6 is 0 Å². The Kier molecular flexibility index (Phi) is 5.94. The van der Waals surface area contributed by atoms with E-state index in [4.69, 9.17) is 9.73 Å². The number of ketones is 1. The number of phenolic OH excluding ortho intramolecular Hbond substituents is 1. The Balaban J connectivity index is 1.64. The van der Waals surface area contributed by atoms with Gasteiger partial charge in [0.15, 0.2) is 5.75 Å². The molecule has 0 amide bonds. The van der Waals surface area contributed by atoms with Crippen LogP contribution < -0.4 is 10.1 Å². The molecule has 3 unspecified atom stereocenters. The lowest BCUT2D eigenvalue weighted by molar-refractivity contribution is -0.386. The number of carbonyl (C=O) groups excluding carboxylic acids is 1. The number of carbonyl (C=O) groups is 1. The summed E-state index contributed by atoms with van der Waals surface area (Å²) < 4.78 is 5.50. The summed E-state index contributed by atoms with van der Waals surface area (Å²) in [5.41, 5.74) is 3.30. The fourth-order valence-corrected chi connectivity index (χ4v) is 5.03. The van der Waals surface area contributed by atoms with Crippen LogP contribution in [0.3, 0.4) is 0 Å². The van der Waals surface area contributed by atoms with Gasteiger partial charge in [0.2, 0.25) is 5.75 Å². The van der Waals surface area contributed by atoms with Gasteiger partial charge in [0.25, 0.3) is 0 Å². The van der Waals surface area contributed by atoms with E-state index in [1.54, 1.807) is 13.0 Å². The average Bonchev–Trinajstić information content (AvgIpc) is 3.02. The zero-order chi connectivity index (χ0) is 24.5. The highest BCUT2D eigenvalue weighted by Gasteiger charge is 2.42. The highest BCUT2D eigenvalue weighted by Crippen LogP contribution is 2.46. The monoisotopic (exact) mass is 471 g/mol. The molecule has 3 aromatic carbocycles. The van der Waals surface area contributed by atoms with Crippen LogP contribution in [0.1, 0.15) is 42.9 Å². The lowest BCUT2D eigenvalue weighted by atomic mass is 9.72. The molecule has 8 nitrogen and oxygen atoms in total. The van der Waals surface area contributed by atoms with Gasteiger partial charge in [0, 0.05) is 18.2 Å². The fourth-order valence-electron chi connectivity index (χ4n) is 5.03. The van der Waals surface area contributed by atoms with Crippen LogP contribution in [-0.2, 0) is 4.79 Å². The Bertz CT molecular complexity index is 1320. The number of hydrogen-bond donors (Lipinski definition) is 2. The molecule has 0 aromatic heterocycles. The number of nitro groups is 1. The molecule has 3 atom stereocenters. The topological polar surface area (TPSA) is 114 Å². The summed E-state index contributed by atoms with van der Waals surface area (Å²) in [7, 11) is 0. The van der Waals surface area contributed by atoms with Crippen molar-refractivity contribution in [1.29, 1.82) is 0 Å². The third-order valence-electron chi connectivity index (χ3n) is 6.63. The standard InChI is InChI=1S/C27H25N3O5/c1-2-35-24-15-18(13-22(27(24)32)30(33)34)26-25-21(28-19-10-6-7-11-20(19)29-26)12-17(14-23(25)31)16-8-4-3-5-9-16/h3-11,13,15,17,25-26,29,32H,2,12,14H2,1H3. The van der Waals surface area contributed by atoms with Gasteiger partial charge in [-0.2, -0.15) is 0 Å². The first-order chi connectivity index (χ1) is 17.0. The number of para-hydroxylation sites is 2. The second-order valence-electron chi connectivity index (χ2n) is 8.78. The number of nitrogens with zero attached hydrogens (tertiary/aromatic N) is 2. The first-order valence-corrected chi connectivity index (χ1v) is 11.6.